The molecule has 0 unspecified atom stereocenters. The molecule has 0 aromatic heterocycles. The van der Waals surface area contributed by atoms with Gasteiger partial charge in [0.25, 0.3) is 5.91 Å². The summed E-state index contributed by atoms with van der Waals surface area (Å²) < 4.78 is 26.0. The Balaban J connectivity index is 2.01. The third-order valence-electron chi connectivity index (χ3n) is 3.14. The molecule has 1 N–H and O–H groups in total. The maximum atomic E-state index is 12.0. The van der Waals surface area contributed by atoms with E-state index in [0.717, 1.165) is 6.08 Å². The van der Waals surface area contributed by atoms with Gasteiger partial charge in [-0.1, -0.05) is 24.3 Å². The highest BCUT2D eigenvalue weighted by Crippen LogP contribution is 2.08. The second kappa shape index (κ2) is 7.91. The summed E-state index contributed by atoms with van der Waals surface area (Å²) in [5, 5.41) is 17.5. The second-order valence-electron chi connectivity index (χ2n) is 5.10. The molecule has 0 bridgehead atoms. The minimum atomic E-state index is -3.86. The van der Waals surface area contributed by atoms with Crippen LogP contribution in [0.1, 0.15) is 22.3 Å². The Bertz CT molecular complexity index is 995. The van der Waals surface area contributed by atoms with Gasteiger partial charge in [0, 0.05) is 6.08 Å². The Morgan fingerprint density at radius 1 is 1.04 bits per heavy atom. The molecule has 0 radical (unpaired) electrons. The molecule has 7 heteroatoms. The predicted octanol–water partition coefficient (Wildman–Crippen LogP) is 2.09. The monoisotopic (exact) mass is 351 g/mol. The van der Waals surface area contributed by atoms with Crippen LogP contribution in [0.4, 0.5) is 0 Å². The van der Waals surface area contributed by atoms with Crippen molar-refractivity contribution >= 4 is 22.0 Å². The third kappa shape index (κ3) is 5.61. The molecule has 0 saturated carbocycles. The lowest BCUT2D eigenvalue weighted by molar-refractivity contribution is -0.114. The van der Waals surface area contributed by atoms with Crippen molar-refractivity contribution in [1.29, 1.82) is 10.5 Å². The van der Waals surface area contributed by atoms with E-state index in [1.165, 1.54) is 30.3 Å². The van der Waals surface area contributed by atoms with E-state index in [1.54, 1.807) is 24.3 Å². The van der Waals surface area contributed by atoms with Crippen molar-refractivity contribution in [3.8, 4) is 12.1 Å². The molecule has 0 aliphatic heterocycles. The third-order valence-corrected chi connectivity index (χ3v) is 4.36. The normalized spacial score (nSPS) is 10.8. The van der Waals surface area contributed by atoms with Crippen LogP contribution in [-0.4, -0.2) is 14.3 Å². The topological polar surface area (TPSA) is 111 Å². The van der Waals surface area contributed by atoms with Crippen molar-refractivity contribution in [2.24, 2.45) is 0 Å². The summed E-state index contributed by atoms with van der Waals surface area (Å²) in [6.07, 6.45) is 2.51. The van der Waals surface area contributed by atoms with Gasteiger partial charge in [-0.15, -0.1) is 0 Å². The van der Waals surface area contributed by atoms with Gasteiger partial charge in [-0.2, -0.15) is 10.5 Å². The van der Waals surface area contributed by atoms with Gasteiger partial charge in [-0.25, -0.2) is 13.1 Å². The van der Waals surface area contributed by atoms with Crippen LogP contribution in [0.3, 0.4) is 0 Å². The van der Waals surface area contributed by atoms with E-state index in [1.807, 2.05) is 16.9 Å². The summed E-state index contributed by atoms with van der Waals surface area (Å²) in [4.78, 5) is 11.8. The van der Waals surface area contributed by atoms with E-state index in [4.69, 9.17) is 10.5 Å². The number of nitrogens with one attached hydrogen (secondary N) is 1. The van der Waals surface area contributed by atoms with Crippen molar-refractivity contribution in [3.05, 3.63) is 76.9 Å². The first-order chi connectivity index (χ1) is 11.9. The zero-order valence-electron chi connectivity index (χ0n) is 13.0. The summed E-state index contributed by atoms with van der Waals surface area (Å²) in [6, 6.07) is 16.5. The van der Waals surface area contributed by atoms with Crippen LogP contribution in [0.5, 0.6) is 0 Å². The van der Waals surface area contributed by atoms with Gasteiger partial charge in [0.2, 0.25) is 10.0 Å². The zero-order valence-corrected chi connectivity index (χ0v) is 13.8. The first kappa shape index (κ1) is 17.9. The molecule has 2 aromatic rings. The van der Waals surface area contributed by atoms with E-state index in [9.17, 15) is 13.2 Å². The Morgan fingerprint density at radius 3 is 2.36 bits per heavy atom. The van der Waals surface area contributed by atoms with E-state index >= 15 is 0 Å². The summed E-state index contributed by atoms with van der Waals surface area (Å²) in [6.45, 7) is 0. The fourth-order valence-corrected chi connectivity index (χ4v) is 3.08. The molecule has 6 nitrogen and oxygen atoms in total. The number of amides is 1. The molecular weight excluding hydrogens is 338 g/mol. The Kier molecular flexibility index (Phi) is 5.67. The fourth-order valence-electron chi connectivity index (χ4n) is 2.00. The summed E-state index contributed by atoms with van der Waals surface area (Å²) in [7, 11) is -3.86. The molecule has 124 valence electrons. The average Bonchev–Trinajstić information content (AvgIpc) is 2.60. The highest BCUT2D eigenvalue weighted by atomic mass is 32.2. The lowest BCUT2D eigenvalue weighted by Crippen LogP contribution is -2.30. The van der Waals surface area contributed by atoms with Gasteiger partial charge < -0.3 is 0 Å². The minimum absolute atomic E-state index is 0.373. The lowest BCUT2D eigenvalue weighted by Gasteiger charge is -2.05. The Labute approximate surface area is 145 Å². The number of hydrogen-bond donors (Lipinski definition) is 1. The van der Waals surface area contributed by atoms with Crippen molar-refractivity contribution in [2.45, 2.75) is 5.75 Å². The highest BCUT2D eigenvalue weighted by molar-refractivity contribution is 7.89. The minimum Gasteiger partial charge on any atom is -0.269 e. The van der Waals surface area contributed by atoms with Crippen molar-refractivity contribution < 1.29 is 13.2 Å². The first-order valence-corrected chi connectivity index (χ1v) is 8.79. The molecular formula is C18H13N3O3S. The van der Waals surface area contributed by atoms with Crippen molar-refractivity contribution in [2.75, 3.05) is 0 Å². The van der Waals surface area contributed by atoms with E-state index in [-0.39, 0.29) is 5.75 Å². The number of sulfonamides is 1. The average molecular weight is 351 g/mol. The number of hydrogen-bond acceptors (Lipinski definition) is 5. The second-order valence-corrected chi connectivity index (χ2v) is 6.83. The number of nitriles is 2. The van der Waals surface area contributed by atoms with E-state index < -0.39 is 15.9 Å². The fraction of sp³-hybridized carbons (Fsp3) is 0.0556. The molecule has 0 heterocycles. The quantitative estimate of drug-likeness (QED) is 0.829. The van der Waals surface area contributed by atoms with Crippen molar-refractivity contribution in [3.63, 3.8) is 0 Å². The highest BCUT2D eigenvalue weighted by Gasteiger charge is 2.14. The van der Waals surface area contributed by atoms with Gasteiger partial charge in [0.15, 0.2) is 0 Å². The van der Waals surface area contributed by atoms with Crippen molar-refractivity contribution in [1.82, 2.24) is 4.72 Å². The Morgan fingerprint density at radius 2 is 1.72 bits per heavy atom. The number of benzene rings is 2. The SMILES string of the molecule is N#Cc1ccc(CS(=O)(=O)NC(=O)/C=C/c2cccc(C#N)c2)cc1. The van der Waals surface area contributed by atoms with Gasteiger partial charge in [-0.05, 0) is 41.5 Å². The summed E-state index contributed by atoms with van der Waals surface area (Å²) in [5.74, 6) is -1.15. The van der Waals surface area contributed by atoms with Gasteiger partial charge >= 0.3 is 0 Å². The molecule has 0 atom stereocenters. The molecule has 0 aliphatic rings. The van der Waals surface area contributed by atoms with Crippen LogP contribution in [0.2, 0.25) is 0 Å². The van der Waals surface area contributed by atoms with Crippen LogP contribution in [0.25, 0.3) is 6.08 Å². The molecule has 0 aliphatic carbocycles. The van der Waals surface area contributed by atoms with Gasteiger partial charge in [0.1, 0.15) is 0 Å². The maximum Gasteiger partial charge on any atom is 0.257 e. The molecule has 1 amide bonds. The summed E-state index contributed by atoms with van der Waals surface area (Å²) in [5.41, 5.74) is 1.94. The molecule has 0 spiro atoms. The first-order valence-electron chi connectivity index (χ1n) is 7.13. The number of nitrogens with zero attached hydrogens (tertiary/aromatic N) is 2. The standard InChI is InChI=1S/C18H13N3O3S/c19-11-15-4-6-16(7-5-15)13-25(23,24)21-18(22)9-8-14-2-1-3-17(10-14)12-20/h1-10H,13H2,(H,21,22)/b9-8+. The summed E-state index contributed by atoms with van der Waals surface area (Å²) >= 11 is 0. The zero-order chi connectivity index (χ0) is 18.3. The van der Waals surface area contributed by atoms with Crippen LogP contribution in [0.15, 0.2) is 54.6 Å². The maximum absolute atomic E-state index is 12.0. The lowest BCUT2D eigenvalue weighted by atomic mass is 10.1. The van der Waals surface area contributed by atoms with Crippen LogP contribution in [-0.2, 0) is 20.6 Å². The van der Waals surface area contributed by atoms with E-state index in [0.29, 0.717) is 22.3 Å². The predicted molar refractivity (Wildman–Crippen MR) is 92.1 cm³/mol. The van der Waals surface area contributed by atoms with Crippen LogP contribution in [0, 0.1) is 22.7 Å². The smallest absolute Gasteiger partial charge is 0.257 e. The molecule has 2 rings (SSSR count). The van der Waals surface area contributed by atoms with Gasteiger partial charge in [-0.3, -0.25) is 4.79 Å². The number of carbonyl (C=O) groups is 1. The molecule has 2 aromatic carbocycles. The molecule has 25 heavy (non-hydrogen) atoms. The Hall–Kier alpha value is -3.42. The number of rotatable bonds is 5. The van der Waals surface area contributed by atoms with Gasteiger partial charge in [0.05, 0.1) is 29.0 Å². The molecule has 0 saturated heterocycles. The number of carbonyl (C=O) groups excluding carboxylic acids is 1. The largest absolute Gasteiger partial charge is 0.269 e. The molecule has 0 fully saturated rings. The van der Waals surface area contributed by atoms with E-state index in [2.05, 4.69) is 0 Å². The van der Waals surface area contributed by atoms with Crippen LogP contribution < -0.4 is 4.72 Å². The van der Waals surface area contributed by atoms with Crippen LogP contribution >= 0.6 is 0 Å².